The summed E-state index contributed by atoms with van der Waals surface area (Å²) in [5.41, 5.74) is 7.83. The quantitative estimate of drug-likeness (QED) is 0.877. The summed E-state index contributed by atoms with van der Waals surface area (Å²) in [7, 11) is 1.59. The van der Waals surface area contributed by atoms with Crippen molar-refractivity contribution in [2.24, 2.45) is 5.73 Å². The van der Waals surface area contributed by atoms with Gasteiger partial charge < -0.3 is 15.6 Å². The summed E-state index contributed by atoms with van der Waals surface area (Å²) in [6.07, 6.45) is 0.429. The van der Waals surface area contributed by atoms with Crippen molar-refractivity contribution in [1.82, 2.24) is 0 Å². The van der Waals surface area contributed by atoms with E-state index in [9.17, 15) is 4.79 Å². The van der Waals surface area contributed by atoms with Gasteiger partial charge in [-0.2, -0.15) is 0 Å². The van der Waals surface area contributed by atoms with Crippen molar-refractivity contribution in [3.8, 4) is 5.75 Å². The fourth-order valence-corrected chi connectivity index (χ4v) is 2.33. The number of carbonyl (C=O) groups is 1. The number of carboxylic acids is 1. The van der Waals surface area contributed by atoms with E-state index in [1.54, 1.807) is 7.11 Å². The van der Waals surface area contributed by atoms with Crippen LogP contribution < -0.4 is 10.5 Å². The largest absolute Gasteiger partial charge is 0.496 e. The van der Waals surface area contributed by atoms with Crippen LogP contribution in [0.1, 0.15) is 30.0 Å². The minimum Gasteiger partial charge on any atom is -0.496 e. The van der Waals surface area contributed by atoms with Crippen LogP contribution in [0.4, 0.5) is 0 Å². The molecule has 1 unspecified atom stereocenters. The maximum Gasteiger partial charge on any atom is 0.303 e. The first kappa shape index (κ1) is 14.0. The van der Waals surface area contributed by atoms with E-state index >= 15 is 0 Å². The second-order valence-corrected chi connectivity index (χ2v) is 4.70. The molecule has 0 fully saturated rings. The molecule has 1 rings (SSSR count). The van der Waals surface area contributed by atoms with Crippen molar-refractivity contribution in [3.05, 3.63) is 27.7 Å². The van der Waals surface area contributed by atoms with Gasteiger partial charge in [0.15, 0.2) is 0 Å². The predicted molar refractivity (Wildman–Crippen MR) is 69.2 cm³/mol. The lowest BCUT2D eigenvalue weighted by molar-refractivity contribution is -0.137. The van der Waals surface area contributed by atoms with Crippen LogP contribution in [-0.4, -0.2) is 18.2 Å². The molecule has 0 aliphatic rings. The minimum absolute atomic E-state index is 0.0463. The van der Waals surface area contributed by atoms with E-state index in [1.165, 1.54) is 0 Å². The van der Waals surface area contributed by atoms with Gasteiger partial charge in [-0.1, -0.05) is 22.0 Å². The molecule has 0 aliphatic carbocycles. The Morgan fingerprint density at radius 1 is 1.59 bits per heavy atom. The molecule has 0 aliphatic heterocycles. The molecule has 0 saturated heterocycles. The van der Waals surface area contributed by atoms with Crippen LogP contribution in [0.2, 0.25) is 0 Å². The molecular weight excluding hydrogens is 286 g/mol. The van der Waals surface area contributed by atoms with Gasteiger partial charge in [0.2, 0.25) is 0 Å². The Kier molecular flexibility index (Phi) is 4.96. The molecule has 0 amide bonds. The highest BCUT2D eigenvalue weighted by Crippen LogP contribution is 2.35. The summed E-state index contributed by atoms with van der Waals surface area (Å²) in [6, 6.07) is 3.47. The minimum atomic E-state index is -0.844. The van der Waals surface area contributed by atoms with Crippen LogP contribution >= 0.6 is 15.9 Å². The Labute approximate surface area is 109 Å². The third-order valence-electron chi connectivity index (χ3n) is 2.58. The second-order valence-electron chi connectivity index (χ2n) is 3.85. The number of carboxylic acid groups (broad SMARTS) is 1. The molecule has 17 heavy (non-hydrogen) atoms. The first-order chi connectivity index (χ1) is 7.97. The van der Waals surface area contributed by atoms with Gasteiger partial charge >= 0.3 is 5.97 Å². The van der Waals surface area contributed by atoms with Gasteiger partial charge in [0.25, 0.3) is 0 Å². The molecule has 94 valence electrons. The zero-order chi connectivity index (χ0) is 13.0. The van der Waals surface area contributed by atoms with Crippen molar-refractivity contribution in [2.45, 2.75) is 25.8 Å². The molecule has 0 radical (unpaired) electrons. The highest BCUT2D eigenvalue weighted by molar-refractivity contribution is 9.10. The van der Waals surface area contributed by atoms with Gasteiger partial charge in [0.1, 0.15) is 5.75 Å². The average molecular weight is 302 g/mol. The lowest BCUT2D eigenvalue weighted by Crippen LogP contribution is -2.14. The zero-order valence-corrected chi connectivity index (χ0v) is 11.5. The van der Waals surface area contributed by atoms with E-state index in [0.29, 0.717) is 6.42 Å². The second kappa shape index (κ2) is 6.02. The van der Waals surface area contributed by atoms with Gasteiger partial charge in [-0.15, -0.1) is 0 Å². The molecule has 0 aromatic heterocycles. The number of nitrogens with two attached hydrogens (primary N) is 1. The Bertz CT molecular complexity index is 420. The molecule has 0 spiro atoms. The average Bonchev–Trinajstić information content (AvgIpc) is 2.28. The monoisotopic (exact) mass is 301 g/mol. The molecule has 1 aromatic rings. The summed E-state index contributed by atoms with van der Waals surface area (Å²) >= 11 is 3.42. The van der Waals surface area contributed by atoms with Crippen molar-refractivity contribution < 1.29 is 14.6 Å². The van der Waals surface area contributed by atoms with Crippen LogP contribution in [0, 0.1) is 6.92 Å². The Morgan fingerprint density at radius 3 is 2.76 bits per heavy atom. The lowest BCUT2D eigenvalue weighted by Gasteiger charge is -2.18. The smallest absolute Gasteiger partial charge is 0.303 e. The maximum atomic E-state index is 10.5. The van der Waals surface area contributed by atoms with E-state index in [-0.39, 0.29) is 12.5 Å². The summed E-state index contributed by atoms with van der Waals surface area (Å²) in [6.45, 7) is 1.93. The molecule has 0 saturated carbocycles. The first-order valence-electron chi connectivity index (χ1n) is 5.27. The van der Waals surface area contributed by atoms with Crippen LogP contribution in [0.3, 0.4) is 0 Å². The van der Waals surface area contributed by atoms with Crippen molar-refractivity contribution in [2.75, 3.05) is 7.11 Å². The number of halogens is 1. The maximum absolute atomic E-state index is 10.5. The third kappa shape index (κ3) is 3.44. The SMILES string of the molecule is COc1c(C)ccc(Br)c1C(N)CCC(=O)O. The Hall–Kier alpha value is -1.07. The first-order valence-corrected chi connectivity index (χ1v) is 6.07. The molecule has 0 heterocycles. The number of hydrogen-bond acceptors (Lipinski definition) is 3. The van der Waals surface area contributed by atoms with Crippen molar-refractivity contribution >= 4 is 21.9 Å². The van der Waals surface area contributed by atoms with Gasteiger partial charge in [0.05, 0.1) is 7.11 Å². The van der Waals surface area contributed by atoms with E-state index < -0.39 is 5.97 Å². The molecule has 1 aromatic carbocycles. The van der Waals surface area contributed by atoms with Crippen LogP contribution in [0.15, 0.2) is 16.6 Å². The number of rotatable bonds is 5. The summed E-state index contributed by atoms with van der Waals surface area (Å²) in [4.78, 5) is 10.5. The number of aliphatic carboxylic acids is 1. The predicted octanol–water partition coefficient (Wildman–Crippen LogP) is 2.63. The van der Waals surface area contributed by atoms with E-state index in [0.717, 1.165) is 21.3 Å². The fourth-order valence-electron chi connectivity index (χ4n) is 1.72. The van der Waals surface area contributed by atoms with Gasteiger partial charge in [-0.25, -0.2) is 0 Å². The highest BCUT2D eigenvalue weighted by Gasteiger charge is 2.18. The summed E-state index contributed by atoms with van der Waals surface area (Å²) < 4.78 is 6.17. The van der Waals surface area contributed by atoms with E-state index in [1.807, 2.05) is 19.1 Å². The van der Waals surface area contributed by atoms with Crippen LogP contribution in [-0.2, 0) is 4.79 Å². The fraction of sp³-hybridized carbons (Fsp3) is 0.417. The van der Waals surface area contributed by atoms with Crippen LogP contribution in [0.25, 0.3) is 0 Å². The molecule has 4 nitrogen and oxygen atoms in total. The van der Waals surface area contributed by atoms with Crippen molar-refractivity contribution in [3.63, 3.8) is 0 Å². The van der Waals surface area contributed by atoms with Gasteiger partial charge in [-0.3, -0.25) is 4.79 Å². The number of hydrogen-bond donors (Lipinski definition) is 2. The molecule has 0 bridgehead atoms. The van der Waals surface area contributed by atoms with Gasteiger partial charge in [-0.05, 0) is 25.0 Å². The normalized spacial score (nSPS) is 12.2. The highest BCUT2D eigenvalue weighted by atomic mass is 79.9. The van der Waals surface area contributed by atoms with E-state index in [2.05, 4.69) is 15.9 Å². The molecule has 3 N–H and O–H groups in total. The summed E-state index contributed by atoms with van der Waals surface area (Å²) in [5.74, 6) is -0.125. The number of benzene rings is 1. The van der Waals surface area contributed by atoms with Crippen molar-refractivity contribution in [1.29, 1.82) is 0 Å². The third-order valence-corrected chi connectivity index (χ3v) is 3.28. The Morgan fingerprint density at radius 2 is 2.24 bits per heavy atom. The zero-order valence-electron chi connectivity index (χ0n) is 9.87. The lowest BCUT2D eigenvalue weighted by atomic mass is 9.99. The van der Waals surface area contributed by atoms with Crippen LogP contribution in [0.5, 0.6) is 5.75 Å². The van der Waals surface area contributed by atoms with Gasteiger partial charge in [0, 0.05) is 22.5 Å². The summed E-state index contributed by atoms with van der Waals surface area (Å²) in [5, 5.41) is 8.66. The molecular formula is C12H16BrNO3. The number of aryl methyl sites for hydroxylation is 1. The topological polar surface area (TPSA) is 72.5 Å². The number of methoxy groups -OCH3 is 1. The number of ether oxygens (including phenoxy) is 1. The van der Waals surface area contributed by atoms with E-state index in [4.69, 9.17) is 15.6 Å². The molecule has 1 atom stereocenters. The standard InChI is InChI=1S/C12H16BrNO3/c1-7-3-4-8(13)11(12(7)17-2)9(14)5-6-10(15)16/h3-4,9H,5-6,14H2,1-2H3,(H,15,16). The molecule has 5 heteroatoms. The Balaban J connectivity index is 3.02.